The second-order valence-corrected chi connectivity index (χ2v) is 4.34. The van der Waals surface area contributed by atoms with Gasteiger partial charge in [-0.3, -0.25) is 0 Å². The molecule has 2 rings (SSSR count). The summed E-state index contributed by atoms with van der Waals surface area (Å²) in [5, 5.41) is 3.16. The number of rotatable bonds is 4. The van der Waals surface area contributed by atoms with Gasteiger partial charge >= 0.3 is 0 Å². The minimum Gasteiger partial charge on any atom is -0.145 e. The number of nitroso groups, excluding NO2 is 1. The summed E-state index contributed by atoms with van der Waals surface area (Å²) in [5.41, 5.74) is 1.49. The minimum absolute atomic E-state index is 0.165. The van der Waals surface area contributed by atoms with Crippen molar-refractivity contribution < 1.29 is 0 Å². The molecule has 1 aliphatic carbocycles. The summed E-state index contributed by atoms with van der Waals surface area (Å²) in [5.74, 6) is 0.649. The largest absolute Gasteiger partial charge is 0.145 e. The van der Waals surface area contributed by atoms with Gasteiger partial charge in [-0.05, 0) is 42.0 Å². The lowest BCUT2D eigenvalue weighted by molar-refractivity contribution is 0.738. The van der Waals surface area contributed by atoms with Crippen LogP contribution in [0.15, 0.2) is 29.4 Å². The van der Waals surface area contributed by atoms with E-state index >= 15 is 0 Å². The Kier molecular flexibility index (Phi) is 2.82. The van der Waals surface area contributed by atoms with E-state index in [4.69, 9.17) is 11.6 Å². The van der Waals surface area contributed by atoms with Crippen LogP contribution in [0.25, 0.3) is 0 Å². The third kappa shape index (κ3) is 2.13. The molecule has 0 aromatic heterocycles. The number of alkyl halides is 1. The molecule has 0 saturated heterocycles. The van der Waals surface area contributed by atoms with Crippen LogP contribution >= 0.6 is 11.6 Å². The van der Waals surface area contributed by atoms with E-state index in [9.17, 15) is 4.91 Å². The van der Waals surface area contributed by atoms with Crippen molar-refractivity contribution in [3.05, 3.63) is 34.7 Å². The fourth-order valence-electron chi connectivity index (χ4n) is 1.61. The summed E-state index contributed by atoms with van der Waals surface area (Å²) in [6, 6.07) is 7.40. The third-order valence-corrected chi connectivity index (χ3v) is 3.15. The summed E-state index contributed by atoms with van der Waals surface area (Å²) in [6.45, 7) is 0. The molecular weight excluding hydrogens is 198 g/mol. The molecule has 1 fully saturated rings. The average Bonchev–Trinajstić information content (AvgIpc) is 3.02. The molecule has 0 amide bonds. The molecule has 1 aromatic rings. The van der Waals surface area contributed by atoms with Gasteiger partial charge in [0.05, 0.1) is 0 Å². The Balaban J connectivity index is 2.10. The smallest absolute Gasteiger partial charge is 0.111 e. The van der Waals surface area contributed by atoms with Gasteiger partial charge in [-0.15, -0.1) is 16.5 Å². The normalized spacial score (nSPS) is 17.8. The topological polar surface area (TPSA) is 29.4 Å². The minimum atomic E-state index is 0.165. The lowest BCUT2D eigenvalue weighted by atomic mass is 10.1. The van der Waals surface area contributed by atoms with Gasteiger partial charge in [0, 0.05) is 5.38 Å². The second-order valence-electron chi connectivity index (χ2n) is 3.78. The van der Waals surface area contributed by atoms with Crippen LogP contribution in [0.5, 0.6) is 0 Å². The maximum atomic E-state index is 10.5. The highest BCUT2D eigenvalue weighted by atomic mass is 35.5. The summed E-state index contributed by atoms with van der Waals surface area (Å²) < 4.78 is 0. The van der Waals surface area contributed by atoms with Gasteiger partial charge in [0.25, 0.3) is 0 Å². The zero-order chi connectivity index (χ0) is 9.97. The van der Waals surface area contributed by atoms with Crippen LogP contribution < -0.4 is 0 Å². The zero-order valence-corrected chi connectivity index (χ0v) is 8.57. The van der Waals surface area contributed by atoms with Crippen molar-refractivity contribution in [3.8, 4) is 0 Å². The molecule has 1 atom stereocenters. The van der Waals surface area contributed by atoms with E-state index in [1.807, 2.05) is 18.2 Å². The van der Waals surface area contributed by atoms with Gasteiger partial charge in [0.2, 0.25) is 0 Å². The predicted molar refractivity (Wildman–Crippen MR) is 58.0 cm³/mol. The van der Waals surface area contributed by atoms with Crippen molar-refractivity contribution in [1.82, 2.24) is 0 Å². The Bertz CT molecular complexity index is 336. The van der Waals surface area contributed by atoms with Crippen molar-refractivity contribution in [2.75, 3.05) is 0 Å². The highest BCUT2D eigenvalue weighted by molar-refractivity contribution is 6.21. The van der Waals surface area contributed by atoms with E-state index in [1.165, 1.54) is 12.8 Å². The van der Waals surface area contributed by atoms with E-state index in [0.717, 1.165) is 12.0 Å². The molecule has 0 radical (unpaired) electrons. The predicted octanol–water partition coefficient (Wildman–Crippen LogP) is 3.64. The Morgan fingerprint density at radius 1 is 1.43 bits per heavy atom. The van der Waals surface area contributed by atoms with E-state index in [0.29, 0.717) is 11.6 Å². The fourth-order valence-corrected chi connectivity index (χ4v) is 2.03. The average molecular weight is 210 g/mol. The second kappa shape index (κ2) is 4.09. The highest BCUT2D eigenvalue weighted by Gasteiger charge is 2.30. The van der Waals surface area contributed by atoms with Crippen LogP contribution in [-0.2, 0) is 6.42 Å². The monoisotopic (exact) mass is 209 g/mol. The van der Waals surface area contributed by atoms with Crippen LogP contribution in [0.1, 0.15) is 18.4 Å². The van der Waals surface area contributed by atoms with E-state index in [1.54, 1.807) is 6.07 Å². The molecule has 1 saturated carbocycles. The molecule has 0 bridgehead atoms. The first-order valence-corrected chi connectivity index (χ1v) is 5.30. The Labute approximate surface area is 88.2 Å². The van der Waals surface area contributed by atoms with Crippen LogP contribution in [0, 0.1) is 10.8 Å². The molecule has 0 heterocycles. The van der Waals surface area contributed by atoms with E-state index in [2.05, 4.69) is 5.18 Å². The summed E-state index contributed by atoms with van der Waals surface area (Å²) in [7, 11) is 0. The van der Waals surface area contributed by atoms with Gasteiger partial charge < -0.3 is 0 Å². The van der Waals surface area contributed by atoms with Crippen molar-refractivity contribution in [1.29, 1.82) is 0 Å². The van der Waals surface area contributed by atoms with E-state index < -0.39 is 0 Å². The van der Waals surface area contributed by atoms with E-state index in [-0.39, 0.29) is 5.38 Å². The SMILES string of the molecule is O=Nc1ccccc1CC(Cl)C1CC1. The van der Waals surface area contributed by atoms with Crippen molar-refractivity contribution >= 4 is 17.3 Å². The van der Waals surface area contributed by atoms with Crippen molar-refractivity contribution in [2.24, 2.45) is 11.1 Å². The molecule has 2 nitrogen and oxygen atoms in total. The maximum absolute atomic E-state index is 10.5. The van der Waals surface area contributed by atoms with Gasteiger partial charge in [-0.25, -0.2) is 0 Å². The van der Waals surface area contributed by atoms with Crippen LogP contribution in [0.4, 0.5) is 5.69 Å². The Hall–Kier alpha value is -0.890. The van der Waals surface area contributed by atoms with Crippen LogP contribution in [-0.4, -0.2) is 5.38 Å². The standard InChI is InChI=1S/C11H12ClNO/c12-10(8-5-6-8)7-9-3-1-2-4-11(9)13-14/h1-4,8,10H,5-7H2. The van der Waals surface area contributed by atoms with Gasteiger partial charge in [0.1, 0.15) is 5.69 Å². The van der Waals surface area contributed by atoms with Crippen molar-refractivity contribution in [2.45, 2.75) is 24.6 Å². The fraction of sp³-hybridized carbons (Fsp3) is 0.455. The highest BCUT2D eigenvalue weighted by Crippen LogP contribution is 2.38. The Morgan fingerprint density at radius 3 is 2.79 bits per heavy atom. The molecule has 1 aliphatic rings. The lowest BCUT2D eigenvalue weighted by Gasteiger charge is -2.08. The maximum Gasteiger partial charge on any atom is 0.111 e. The number of halogens is 1. The molecule has 0 spiro atoms. The number of hydrogen-bond donors (Lipinski definition) is 0. The number of benzene rings is 1. The molecule has 1 unspecified atom stereocenters. The van der Waals surface area contributed by atoms with Gasteiger partial charge in [0.15, 0.2) is 0 Å². The zero-order valence-electron chi connectivity index (χ0n) is 7.82. The molecule has 3 heteroatoms. The van der Waals surface area contributed by atoms with Crippen LogP contribution in [0.2, 0.25) is 0 Å². The van der Waals surface area contributed by atoms with Gasteiger partial charge in [-0.2, -0.15) is 0 Å². The first kappa shape index (κ1) is 9.66. The molecular formula is C11H12ClNO. The third-order valence-electron chi connectivity index (χ3n) is 2.64. The summed E-state index contributed by atoms with van der Waals surface area (Å²) in [4.78, 5) is 10.5. The summed E-state index contributed by atoms with van der Waals surface area (Å²) in [6.07, 6.45) is 3.21. The van der Waals surface area contributed by atoms with Crippen molar-refractivity contribution in [3.63, 3.8) is 0 Å². The molecule has 0 aliphatic heterocycles. The molecule has 1 aromatic carbocycles. The number of hydrogen-bond acceptors (Lipinski definition) is 2. The Morgan fingerprint density at radius 2 is 2.14 bits per heavy atom. The molecule has 74 valence electrons. The number of nitrogens with zero attached hydrogens (tertiary/aromatic N) is 1. The molecule has 14 heavy (non-hydrogen) atoms. The van der Waals surface area contributed by atoms with Crippen LogP contribution in [0.3, 0.4) is 0 Å². The molecule has 0 N–H and O–H groups in total. The van der Waals surface area contributed by atoms with Gasteiger partial charge in [-0.1, -0.05) is 18.2 Å². The summed E-state index contributed by atoms with van der Waals surface area (Å²) >= 11 is 6.20. The quantitative estimate of drug-likeness (QED) is 0.550. The first-order chi connectivity index (χ1) is 6.81. The lowest BCUT2D eigenvalue weighted by Crippen LogP contribution is -2.05. The first-order valence-electron chi connectivity index (χ1n) is 4.86.